The van der Waals surface area contributed by atoms with Gasteiger partial charge in [0.25, 0.3) is 5.91 Å². The maximum absolute atomic E-state index is 12.7. The van der Waals surface area contributed by atoms with Gasteiger partial charge in [0, 0.05) is 10.6 Å². The molecule has 0 aliphatic heterocycles. The number of nitrogens with one attached hydrogen (secondary N) is 1. The first-order valence-corrected chi connectivity index (χ1v) is 9.40. The average Bonchev–Trinajstić information content (AvgIpc) is 3.16. The first-order chi connectivity index (χ1) is 13.0. The van der Waals surface area contributed by atoms with Gasteiger partial charge in [0.2, 0.25) is 11.7 Å². The first-order valence-electron chi connectivity index (χ1n) is 8.64. The fourth-order valence-corrected chi connectivity index (χ4v) is 2.97. The minimum Gasteiger partial charge on any atom is -0.340 e. The van der Waals surface area contributed by atoms with Crippen molar-refractivity contribution in [3.63, 3.8) is 0 Å². The molecule has 0 radical (unpaired) electrons. The van der Waals surface area contributed by atoms with E-state index in [0.29, 0.717) is 27.3 Å². The van der Waals surface area contributed by atoms with E-state index < -0.39 is 6.04 Å². The summed E-state index contributed by atoms with van der Waals surface area (Å²) in [5, 5.41) is 8.04. The summed E-state index contributed by atoms with van der Waals surface area (Å²) in [6.45, 7) is 4.06. The number of amides is 1. The molecule has 2 atom stereocenters. The van der Waals surface area contributed by atoms with E-state index in [-0.39, 0.29) is 11.8 Å². The summed E-state index contributed by atoms with van der Waals surface area (Å²) in [6.07, 6.45) is 0.826. The van der Waals surface area contributed by atoms with E-state index in [9.17, 15) is 4.79 Å². The van der Waals surface area contributed by atoms with Crippen molar-refractivity contribution < 1.29 is 9.32 Å². The second kappa shape index (κ2) is 8.55. The zero-order valence-corrected chi connectivity index (χ0v) is 16.5. The number of rotatable bonds is 6. The number of halogens is 2. The van der Waals surface area contributed by atoms with Crippen LogP contribution in [-0.2, 0) is 0 Å². The van der Waals surface area contributed by atoms with Gasteiger partial charge in [0.1, 0.15) is 6.04 Å². The highest BCUT2D eigenvalue weighted by atomic mass is 35.5. The van der Waals surface area contributed by atoms with E-state index in [1.165, 1.54) is 0 Å². The maximum Gasteiger partial charge on any atom is 0.253 e. The summed E-state index contributed by atoms with van der Waals surface area (Å²) in [5.41, 5.74) is 1.19. The highest BCUT2D eigenvalue weighted by Gasteiger charge is 2.27. The van der Waals surface area contributed by atoms with Crippen molar-refractivity contribution in [3.05, 3.63) is 70.0 Å². The highest BCUT2D eigenvalue weighted by molar-refractivity contribution is 6.33. The van der Waals surface area contributed by atoms with E-state index >= 15 is 0 Å². The molecule has 0 aliphatic rings. The molecule has 1 N–H and O–H groups in total. The van der Waals surface area contributed by atoms with Gasteiger partial charge in [-0.25, -0.2) is 0 Å². The molecule has 0 saturated heterocycles. The van der Waals surface area contributed by atoms with E-state index in [1.807, 2.05) is 26.0 Å². The molecule has 0 fully saturated rings. The molecule has 1 heterocycles. The van der Waals surface area contributed by atoms with Crippen LogP contribution in [0.3, 0.4) is 0 Å². The van der Waals surface area contributed by atoms with Gasteiger partial charge in [-0.05, 0) is 42.3 Å². The monoisotopic (exact) mass is 403 g/mol. The minimum absolute atomic E-state index is 0.0926. The van der Waals surface area contributed by atoms with Crippen LogP contribution in [-0.4, -0.2) is 16.0 Å². The molecule has 2 aromatic carbocycles. The first kappa shape index (κ1) is 19.4. The zero-order chi connectivity index (χ0) is 19.4. The Balaban J connectivity index is 1.86. The van der Waals surface area contributed by atoms with E-state index in [1.54, 1.807) is 36.4 Å². The van der Waals surface area contributed by atoms with Crippen LogP contribution in [0.1, 0.15) is 42.6 Å². The normalized spacial score (nSPS) is 13.2. The number of benzene rings is 2. The number of carbonyl (C=O) groups is 1. The van der Waals surface area contributed by atoms with Crippen molar-refractivity contribution >= 4 is 29.1 Å². The molecule has 140 valence electrons. The lowest BCUT2D eigenvalue weighted by atomic mass is 9.98. The molecule has 0 saturated carbocycles. The Kier molecular flexibility index (Phi) is 6.14. The van der Waals surface area contributed by atoms with Gasteiger partial charge in [-0.3, -0.25) is 4.79 Å². The molecule has 5 nitrogen and oxygen atoms in total. The molecular weight excluding hydrogens is 385 g/mol. The standard InChI is InChI=1S/C20H19Cl2N3O2/c1-3-12(2)17(23-19(26)15-6-4-5-7-16(15)22)20-24-18(25-27-20)13-8-10-14(21)11-9-13/h4-12,17H,3H2,1-2H3,(H,23,26)/t12-,17-/m1/s1. The van der Waals surface area contributed by atoms with Gasteiger partial charge in [-0.1, -0.05) is 60.8 Å². The quantitative estimate of drug-likeness (QED) is 0.584. The van der Waals surface area contributed by atoms with E-state index in [0.717, 1.165) is 12.0 Å². The molecule has 0 unspecified atom stereocenters. The summed E-state index contributed by atoms with van der Waals surface area (Å²) in [5.74, 6) is 0.615. The van der Waals surface area contributed by atoms with Crippen molar-refractivity contribution in [2.24, 2.45) is 5.92 Å². The van der Waals surface area contributed by atoms with Crippen LogP contribution in [0.25, 0.3) is 11.4 Å². The lowest BCUT2D eigenvalue weighted by Gasteiger charge is -2.21. The van der Waals surface area contributed by atoms with Crippen LogP contribution in [0.2, 0.25) is 10.0 Å². The molecule has 1 aromatic heterocycles. The van der Waals surface area contributed by atoms with E-state index in [4.69, 9.17) is 27.7 Å². The maximum atomic E-state index is 12.7. The van der Waals surface area contributed by atoms with Crippen LogP contribution in [0.4, 0.5) is 0 Å². The summed E-state index contributed by atoms with van der Waals surface area (Å²) < 4.78 is 5.46. The van der Waals surface area contributed by atoms with Crippen LogP contribution in [0, 0.1) is 5.92 Å². The topological polar surface area (TPSA) is 68.0 Å². The van der Waals surface area contributed by atoms with Gasteiger partial charge >= 0.3 is 0 Å². The molecular formula is C20H19Cl2N3O2. The summed E-state index contributed by atoms with van der Waals surface area (Å²) in [4.78, 5) is 17.2. The summed E-state index contributed by atoms with van der Waals surface area (Å²) in [7, 11) is 0. The number of hydrogen-bond donors (Lipinski definition) is 1. The summed E-state index contributed by atoms with van der Waals surface area (Å²) in [6, 6.07) is 13.6. The highest BCUT2D eigenvalue weighted by Crippen LogP contribution is 2.27. The van der Waals surface area contributed by atoms with Crippen molar-refractivity contribution in [1.29, 1.82) is 0 Å². The summed E-state index contributed by atoms with van der Waals surface area (Å²) >= 11 is 12.1. The molecule has 7 heteroatoms. The zero-order valence-electron chi connectivity index (χ0n) is 14.9. The number of hydrogen-bond acceptors (Lipinski definition) is 4. The fraction of sp³-hybridized carbons (Fsp3) is 0.250. The van der Waals surface area contributed by atoms with E-state index in [2.05, 4.69) is 15.5 Å². The molecule has 1 amide bonds. The third-order valence-electron chi connectivity index (χ3n) is 4.43. The average molecular weight is 404 g/mol. The Hall–Kier alpha value is -2.37. The second-order valence-electron chi connectivity index (χ2n) is 6.28. The second-order valence-corrected chi connectivity index (χ2v) is 7.12. The Morgan fingerprint density at radius 2 is 1.85 bits per heavy atom. The van der Waals surface area contributed by atoms with Crippen LogP contribution < -0.4 is 5.32 Å². The van der Waals surface area contributed by atoms with Gasteiger partial charge < -0.3 is 9.84 Å². The largest absolute Gasteiger partial charge is 0.340 e. The smallest absolute Gasteiger partial charge is 0.253 e. The van der Waals surface area contributed by atoms with Crippen molar-refractivity contribution in [3.8, 4) is 11.4 Å². The molecule has 3 aromatic rings. The predicted octanol–water partition coefficient (Wildman–Crippen LogP) is 5.56. The minimum atomic E-state index is -0.424. The number of nitrogens with zero attached hydrogens (tertiary/aromatic N) is 2. The third-order valence-corrected chi connectivity index (χ3v) is 5.01. The molecule has 27 heavy (non-hydrogen) atoms. The third kappa shape index (κ3) is 4.49. The Morgan fingerprint density at radius 3 is 2.52 bits per heavy atom. The van der Waals surface area contributed by atoms with Gasteiger partial charge in [0.15, 0.2) is 0 Å². The molecule has 0 aliphatic carbocycles. The fourth-order valence-electron chi connectivity index (χ4n) is 2.63. The molecule has 0 spiro atoms. The molecule has 0 bridgehead atoms. The molecule has 3 rings (SSSR count). The van der Waals surface area contributed by atoms with Gasteiger partial charge in [-0.2, -0.15) is 4.98 Å². The van der Waals surface area contributed by atoms with Crippen LogP contribution in [0.5, 0.6) is 0 Å². The Bertz CT molecular complexity index is 925. The lowest BCUT2D eigenvalue weighted by Crippen LogP contribution is -2.33. The number of aromatic nitrogens is 2. The van der Waals surface area contributed by atoms with Crippen LogP contribution >= 0.6 is 23.2 Å². The Labute approximate surface area is 167 Å². The SMILES string of the molecule is CC[C@@H](C)[C@@H](NC(=O)c1ccccc1Cl)c1nc(-c2ccc(Cl)cc2)no1. The van der Waals surface area contributed by atoms with Gasteiger partial charge in [-0.15, -0.1) is 0 Å². The predicted molar refractivity (Wildman–Crippen MR) is 106 cm³/mol. The van der Waals surface area contributed by atoms with Crippen molar-refractivity contribution in [2.45, 2.75) is 26.3 Å². The van der Waals surface area contributed by atoms with Gasteiger partial charge in [0.05, 0.1) is 10.6 Å². The van der Waals surface area contributed by atoms with Crippen molar-refractivity contribution in [1.82, 2.24) is 15.5 Å². The number of carbonyl (C=O) groups excluding carboxylic acids is 1. The van der Waals surface area contributed by atoms with Crippen molar-refractivity contribution in [2.75, 3.05) is 0 Å². The lowest BCUT2D eigenvalue weighted by molar-refractivity contribution is 0.0910. The van der Waals surface area contributed by atoms with Crippen LogP contribution in [0.15, 0.2) is 53.1 Å². The Morgan fingerprint density at radius 1 is 1.15 bits per heavy atom.